The highest BCUT2D eigenvalue weighted by Crippen LogP contribution is 2.47. The van der Waals surface area contributed by atoms with Crippen LogP contribution in [-0.2, 0) is 12.0 Å². The zero-order valence-electron chi connectivity index (χ0n) is 15.2. The topological polar surface area (TPSA) is 54.0 Å². The SMILES string of the molecule is O=C(Nc1ccccc1)c1ccc(C2(CNCc3cccnc3)CC2)cc1. The molecule has 1 heterocycles. The van der Waals surface area contributed by atoms with Crippen LogP contribution in [0.2, 0.25) is 0 Å². The highest BCUT2D eigenvalue weighted by Gasteiger charge is 2.43. The van der Waals surface area contributed by atoms with Crippen LogP contribution in [0.3, 0.4) is 0 Å². The molecule has 2 N–H and O–H groups in total. The summed E-state index contributed by atoms with van der Waals surface area (Å²) in [5, 5.41) is 6.48. The number of anilines is 1. The van der Waals surface area contributed by atoms with Crippen LogP contribution in [-0.4, -0.2) is 17.4 Å². The van der Waals surface area contributed by atoms with Gasteiger partial charge in [-0.1, -0.05) is 36.4 Å². The summed E-state index contributed by atoms with van der Waals surface area (Å²) in [6, 6.07) is 21.6. The van der Waals surface area contributed by atoms with Gasteiger partial charge in [0.15, 0.2) is 0 Å². The summed E-state index contributed by atoms with van der Waals surface area (Å²) >= 11 is 0. The minimum atomic E-state index is -0.0766. The largest absolute Gasteiger partial charge is 0.322 e. The van der Waals surface area contributed by atoms with Crippen LogP contribution < -0.4 is 10.6 Å². The van der Waals surface area contributed by atoms with E-state index in [1.54, 1.807) is 6.20 Å². The van der Waals surface area contributed by atoms with E-state index in [4.69, 9.17) is 0 Å². The van der Waals surface area contributed by atoms with Crippen LogP contribution in [0, 0.1) is 0 Å². The number of benzene rings is 2. The summed E-state index contributed by atoms with van der Waals surface area (Å²) in [6.45, 7) is 1.77. The molecule has 1 fully saturated rings. The van der Waals surface area contributed by atoms with E-state index in [1.165, 1.54) is 24.0 Å². The Morgan fingerprint density at radius 3 is 2.41 bits per heavy atom. The lowest BCUT2D eigenvalue weighted by atomic mass is 9.94. The fourth-order valence-electron chi connectivity index (χ4n) is 3.37. The van der Waals surface area contributed by atoms with Gasteiger partial charge < -0.3 is 10.6 Å². The number of rotatable bonds is 7. The lowest BCUT2D eigenvalue weighted by molar-refractivity contribution is 0.102. The molecule has 0 aliphatic heterocycles. The molecule has 0 unspecified atom stereocenters. The third-order valence-electron chi connectivity index (χ3n) is 5.16. The molecule has 0 spiro atoms. The van der Waals surface area contributed by atoms with Crippen LogP contribution in [0.1, 0.15) is 34.3 Å². The number of nitrogens with one attached hydrogen (secondary N) is 2. The van der Waals surface area contributed by atoms with Gasteiger partial charge >= 0.3 is 0 Å². The maximum atomic E-state index is 12.4. The monoisotopic (exact) mass is 357 g/mol. The summed E-state index contributed by atoms with van der Waals surface area (Å²) in [5.74, 6) is -0.0766. The van der Waals surface area contributed by atoms with Crippen LogP contribution >= 0.6 is 0 Å². The highest BCUT2D eigenvalue weighted by atomic mass is 16.1. The molecule has 2 aromatic carbocycles. The summed E-state index contributed by atoms with van der Waals surface area (Å²) in [7, 11) is 0. The molecule has 27 heavy (non-hydrogen) atoms. The number of pyridine rings is 1. The van der Waals surface area contributed by atoms with Crippen molar-refractivity contribution in [3.05, 3.63) is 95.8 Å². The molecule has 1 saturated carbocycles. The fraction of sp³-hybridized carbons (Fsp3) is 0.217. The molecular weight excluding hydrogens is 334 g/mol. The normalized spacial score (nSPS) is 14.5. The Balaban J connectivity index is 1.36. The molecule has 1 amide bonds. The predicted molar refractivity (Wildman–Crippen MR) is 108 cm³/mol. The zero-order valence-corrected chi connectivity index (χ0v) is 15.2. The summed E-state index contributed by atoms with van der Waals surface area (Å²) in [5.41, 5.74) is 4.20. The lowest BCUT2D eigenvalue weighted by Gasteiger charge is -2.17. The van der Waals surface area contributed by atoms with Crippen molar-refractivity contribution in [2.45, 2.75) is 24.8 Å². The molecule has 0 bridgehead atoms. The van der Waals surface area contributed by atoms with Gasteiger partial charge in [0.25, 0.3) is 5.91 Å². The van der Waals surface area contributed by atoms with Crippen molar-refractivity contribution in [3.8, 4) is 0 Å². The van der Waals surface area contributed by atoms with Gasteiger partial charge in [-0.2, -0.15) is 0 Å². The highest BCUT2D eigenvalue weighted by molar-refractivity contribution is 6.04. The minimum Gasteiger partial charge on any atom is -0.322 e. The van der Waals surface area contributed by atoms with Gasteiger partial charge in [-0.05, 0) is 54.3 Å². The van der Waals surface area contributed by atoms with Gasteiger partial charge in [-0.15, -0.1) is 0 Å². The molecule has 4 rings (SSSR count). The Morgan fingerprint density at radius 1 is 0.963 bits per heavy atom. The lowest BCUT2D eigenvalue weighted by Crippen LogP contribution is -2.26. The number of aromatic nitrogens is 1. The molecule has 4 nitrogen and oxygen atoms in total. The summed E-state index contributed by atoms with van der Waals surface area (Å²) in [4.78, 5) is 16.5. The number of carbonyl (C=O) groups is 1. The summed E-state index contributed by atoms with van der Waals surface area (Å²) in [6.07, 6.45) is 6.05. The second-order valence-corrected chi connectivity index (χ2v) is 7.14. The Hall–Kier alpha value is -2.98. The molecule has 1 aliphatic carbocycles. The van der Waals surface area contributed by atoms with Crippen LogP contribution in [0.15, 0.2) is 79.1 Å². The second-order valence-electron chi connectivity index (χ2n) is 7.14. The van der Waals surface area contributed by atoms with E-state index in [-0.39, 0.29) is 11.3 Å². The number of para-hydroxylation sites is 1. The minimum absolute atomic E-state index is 0.0766. The number of hydrogen-bond acceptors (Lipinski definition) is 3. The van der Waals surface area contributed by atoms with Gasteiger partial charge in [-0.25, -0.2) is 0 Å². The van der Waals surface area contributed by atoms with Gasteiger partial charge in [0.2, 0.25) is 0 Å². The van der Waals surface area contributed by atoms with Crippen molar-refractivity contribution in [2.24, 2.45) is 0 Å². The third-order valence-corrected chi connectivity index (χ3v) is 5.16. The Labute approximate surface area is 159 Å². The molecule has 0 saturated heterocycles. The smallest absolute Gasteiger partial charge is 0.255 e. The van der Waals surface area contributed by atoms with E-state index >= 15 is 0 Å². The van der Waals surface area contributed by atoms with E-state index in [9.17, 15) is 4.79 Å². The molecular formula is C23H23N3O. The van der Waals surface area contributed by atoms with E-state index in [1.807, 2.05) is 54.7 Å². The van der Waals surface area contributed by atoms with Crippen molar-refractivity contribution in [2.75, 3.05) is 11.9 Å². The molecule has 136 valence electrons. The molecule has 4 heteroatoms. The number of nitrogens with zero attached hydrogens (tertiary/aromatic N) is 1. The first kappa shape index (κ1) is 17.4. The molecule has 0 radical (unpaired) electrons. The van der Waals surface area contributed by atoms with E-state index < -0.39 is 0 Å². The maximum Gasteiger partial charge on any atom is 0.255 e. The van der Waals surface area contributed by atoms with Crippen molar-refractivity contribution in [1.29, 1.82) is 0 Å². The molecule has 1 aromatic heterocycles. The maximum absolute atomic E-state index is 12.4. The first-order chi connectivity index (χ1) is 13.3. The third kappa shape index (κ3) is 4.23. The average Bonchev–Trinajstić information content (AvgIpc) is 3.51. The first-order valence-electron chi connectivity index (χ1n) is 9.32. The fourth-order valence-corrected chi connectivity index (χ4v) is 3.37. The molecule has 1 aliphatic rings. The van der Waals surface area contributed by atoms with Crippen molar-refractivity contribution >= 4 is 11.6 Å². The average molecular weight is 357 g/mol. The quantitative estimate of drug-likeness (QED) is 0.668. The van der Waals surface area contributed by atoms with Gasteiger partial charge in [-0.3, -0.25) is 9.78 Å². The Bertz CT molecular complexity index is 888. The predicted octanol–water partition coefficient (Wildman–Crippen LogP) is 4.16. The van der Waals surface area contributed by atoms with E-state index in [0.717, 1.165) is 18.8 Å². The van der Waals surface area contributed by atoms with Gasteiger partial charge in [0.05, 0.1) is 0 Å². The van der Waals surface area contributed by atoms with Crippen molar-refractivity contribution in [3.63, 3.8) is 0 Å². The van der Waals surface area contributed by atoms with E-state index in [0.29, 0.717) is 5.56 Å². The van der Waals surface area contributed by atoms with Crippen LogP contribution in [0.5, 0.6) is 0 Å². The molecule has 0 atom stereocenters. The number of hydrogen-bond donors (Lipinski definition) is 2. The standard InChI is InChI=1S/C23H23N3O/c27-22(26-21-6-2-1-3-7-21)19-8-10-20(11-9-19)23(12-13-23)17-25-16-18-5-4-14-24-15-18/h1-11,14-15,25H,12-13,16-17H2,(H,26,27). The van der Waals surface area contributed by atoms with Gasteiger partial charge in [0, 0.05) is 42.1 Å². The van der Waals surface area contributed by atoms with Crippen LogP contribution in [0.4, 0.5) is 5.69 Å². The van der Waals surface area contributed by atoms with Crippen molar-refractivity contribution in [1.82, 2.24) is 10.3 Å². The van der Waals surface area contributed by atoms with E-state index in [2.05, 4.69) is 33.8 Å². The summed E-state index contributed by atoms with van der Waals surface area (Å²) < 4.78 is 0. The van der Waals surface area contributed by atoms with Gasteiger partial charge in [0.1, 0.15) is 0 Å². The second kappa shape index (κ2) is 7.72. The number of amides is 1. The first-order valence-corrected chi connectivity index (χ1v) is 9.32. The van der Waals surface area contributed by atoms with Crippen LogP contribution in [0.25, 0.3) is 0 Å². The number of carbonyl (C=O) groups excluding carboxylic acids is 1. The zero-order chi connectivity index (χ0) is 18.5. The Kier molecular flexibility index (Phi) is 4.99. The Morgan fingerprint density at radius 2 is 1.74 bits per heavy atom. The molecule has 3 aromatic rings. The van der Waals surface area contributed by atoms with Crippen molar-refractivity contribution < 1.29 is 4.79 Å².